The van der Waals surface area contributed by atoms with Crippen LogP contribution in [0.2, 0.25) is 0 Å². The summed E-state index contributed by atoms with van der Waals surface area (Å²) in [4.78, 5) is 27.3. The number of hydrogen-bond donors (Lipinski definition) is 2. The smallest absolute Gasteiger partial charge is 0.249 e. The third kappa shape index (κ3) is 4.33. The number of pyridine rings is 1. The van der Waals surface area contributed by atoms with E-state index in [0.717, 1.165) is 11.3 Å². The summed E-state index contributed by atoms with van der Waals surface area (Å²) in [5.74, 6) is 0.439. The molecule has 0 unspecified atom stereocenters. The Morgan fingerprint density at radius 1 is 1.27 bits per heavy atom. The summed E-state index contributed by atoms with van der Waals surface area (Å²) in [5.41, 5.74) is 8.09. The van der Waals surface area contributed by atoms with Crippen molar-refractivity contribution in [2.75, 3.05) is 11.1 Å². The van der Waals surface area contributed by atoms with E-state index in [1.165, 1.54) is 11.8 Å². The summed E-state index contributed by atoms with van der Waals surface area (Å²) in [6.07, 6.45) is 3.50. The van der Waals surface area contributed by atoms with Crippen molar-refractivity contribution in [3.05, 3.63) is 59.4 Å². The number of aromatic nitrogens is 1. The van der Waals surface area contributed by atoms with Crippen LogP contribution < -0.4 is 11.1 Å². The van der Waals surface area contributed by atoms with Gasteiger partial charge in [-0.1, -0.05) is 12.1 Å². The molecule has 0 saturated carbocycles. The SMILES string of the molecule is Cc1c(NC(=O)CSCc2cccnc2)cccc1C(N)=O. The molecule has 3 N–H and O–H groups in total. The van der Waals surface area contributed by atoms with Crippen LogP contribution in [0.3, 0.4) is 0 Å². The maximum absolute atomic E-state index is 12.0. The molecule has 2 aromatic rings. The Morgan fingerprint density at radius 3 is 2.77 bits per heavy atom. The molecule has 0 spiro atoms. The van der Waals surface area contributed by atoms with Crippen molar-refractivity contribution in [1.29, 1.82) is 0 Å². The van der Waals surface area contributed by atoms with Crippen molar-refractivity contribution in [2.24, 2.45) is 5.73 Å². The number of amides is 2. The molecule has 2 amide bonds. The van der Waals surface area contributed by atoms with Gasteiger partial charge in [0.15, 0.2) is 0 Å². The predicted molar refractivity (Wildman–Crippen MR) is 88.7 cm³/mol. The molecule has 0 aliphatic carbocycles. The number of anilines is 1. The van der Waals surface area contributed by atoms with Crippen LogP contribution in [0, 0.1) is 6.92 Å². The van der Waals surface area contributed by atoms with Crippen molar-refractivity contribution < 1.29 is 9.59 Å². The fraction of sp³-hybridized carbons (Fsp3) is 0.188. The van der Waals surface area contributed by atoms with Crippen molar-refractivity contribution in [3.8, 4) is 0 Å². The van der Waals surface area contributed by atoms with Gasteiger partial charge in [0.1, 0.15) is 0 Å². The summed E-state index contributed by atoms with van der Waals surface area (Å²) >= 11 is 1.51. The largest absolute Gasteiger partial charge is 0.366 e. The Hall–Kier alpha value is -2.34. The Morgan fingerprint density at radius 2 is 2.09 bits per heavy atom. The first-order chi connectivity index (χ1) is 10.6. The molecule has 0 aliphatic heterocycles. The third-order valence-electron chi connectivity index (χ3n) is 3.10. The Balaban J connectivity index is 1.90. The number of carbonyl (C=O) groups is 2. The lowest BCUT2D eigenvalue weighted by Gasteiger charge is -2.10. The molecule has 0 atom stereocenters. The fourth-order valence-corrected chi connectivity index (χ4v) is 2.74. The molecule has 0 bridgehead atoms. The van der Waals surface area contributed by atoms with Gasteiger partial charge in [0.25, 0.3) is 0 Å². The van der Waals surface area contributed by atoms with Crippen LogP contribution in [0.4, 0.5) is 5.69 Å². The lowest BCUT2D eigenvalue weighted by atomic mass is 10.1. The molecular weight excluding hydrogens is 298 g/mol. The van der Waals surface area contributed by atoms with E-state index < -0.39 is 5.91 Å². The summed E-state index contributed by atoms with van der Waals surface area (Å²) in [6.45, 7) is 1.76. The van der Waals surface area contributed by atoms with Gasteiger partial charge >= 0.3 is 0 Å². The zero-order chi connectivity index (χ0) is 15.9. The normalized spacial score (nSPS) is 10.2. The van der Waals surface area contributed by atoms with E-state index >= 15 is 0 Å². The van der Waals surface area contributed by atoms with Crippen molar-refractivity contribution >= 4 is 29.3 Å². The second-order valence-corrected chi connectivity index (χ2v) is 5.73. The highest BCUT2D eigenvalue weighted by Gasteiger charge is 2.10. The lowest BCUT2D eigenvalue weighted by Crippen LogP contribution is -2.18. The van der Waals surface area contributed by atoms with Crippen LogP contribution in [-0.4, -0.2) is 22.6 Å². The molecule has 6 heteroatoms. The molecule has 114 valence electrons. The van der Waals surface area contributed by atoms with Gasteiger partial charge in [-0.3, -0.25) is 14.6 Å². The maximum atomic E-state index is 12.0. The van der Waals surface area contributed by atoms with Gasteiger partial charge in [-0.15, -0.1) is 11.8 Å². The third-order valence-corrected chi connectivity index (χ3v) is 4.10. The number of nitrogens with two attached hydrogens (primary N) is 1. The fourth-order valence-electron chi connectivity index (χ4n) is 1.97. The van der Waals surface area contributed by atoms with Crippen molar-refractivity contribution in [3.63, 3.8) is 0 Å². The van der Waals surface area contributed by atoms with Gasteiger partial charge in [-0.05, 0) is 36.2 Å². The minimum Gasteiger partial charge on any atom is -0.366 e. The number of carbonyl (C=O) groups excluding carboxylic acids is 2. The highest BCUT2D eigenvalue weighted by Crippen LogP contribution is 2.19. The molecule has 5 nitrogen and oxygen atoms in total. The number of nitrogens with zero attached hydrogens (tertiary/aromatic N) is 1. The number of rotatable bonds is 6. The van der Waals surface area contributed by atoms with E-state index in [0.29, 0.717) is 22.6 Å². The number of benzene rings is 1. The van der Waals surface area contributed by atoms with Gasteiger partial charge in [0.05, 0.1) is 5.75 Å². The molecule has 1 aromatic carbocycles. The number of primary amides is 1. The molecule has 0 radical (unpaired) electrons. The maximum Gasteiger partial charge on any atom is 0.249 e. The van der Waals surface area contributed by atoms with Crippen LogP contribution in [0.15, 0.2) is 42.7 Å². The predicted octanol–water partition coefficient (Wildman–Crippen LogP) is 2.36. The molecule has 0 fully saturated rings. The van der Waals surface area contributed by atoms with Crippen LogP contribution in [0.25, 0.3) is 0 Å². The lowest BCUT2D eigenvalue weighted by molar-refractivity contribution is -0.113. The summed E-state index contributed by atoms with van der Waals surface area (Å²) in [7, 11) is 0. The summed E-state index contributed by atoms with van der Waals surface area (Å²) < 4.78 is 0. The van der Waals surface area contributed by atoms with E-state index in [1.807, 2.05) is 12.1 Å². The zero-order valence-corrected chi connectivity index (χ0v) is 13.0. The quantitative estimate of drug-likeness (QED) is 0.857. The van der Waals surface area contributed by atoms with E-state index in [9.17, 15) is 9.59 Å². The average molecular weight is 315 g/mol. The number of thioether (sulfide) groups is 1. The zero-order valence-electron chi connectivity index (χ0n) is 12.2. The minimum absolute atomic E-state index is 0.112. The van der Waals surface area contributed by atoms with Gasteiger partial charge in [0, 0.05) is 29.4 Å². The van der Waals surface area contributed by atoms with Crippen LogP contribution in [-0.2, 0) is 10.5 Å². The Labute approximate surface area is 133 Å². The van der Waals surface area contributed by atoms with E-state index in [1.54, 1.807) is 37.5 Å². The van der Waals surface area contributed by atoms with E-state index in [-0.39, 0.29) is 5.91 Å². The van der Waals surface area contributed by atoms with E-state index in [4.69, 9.17) is 5.73 Å². The molecular formula is C16H17N3O2S. The Kier molecular flexibility index (Phi) is 5.55. The highest BCUT2D eigenvalue weighted by molar-refractivity contribution is 7.99. The second-order valence-electron chi connectivity index (χ2n) is 4.74. The summed E-state index contributed by atoms with van der Waals surface area (Å²) in [5, 5.41) is 2.81. The molecule has 22 heavy (non-hydrogen) atoms. The van der Waals surface area contributed by atoms with Crippen molar-refractivity contribution in [2.45, 2.75) is 12.7 Å². The molecule has 2 rings (SSSR count). The molecule has 1 aromatic heterocycles. The van der Waals surface area contributed by atoms with Gasteiger partial charge in [-0.2, -0.15) is 0 Å². The number of hydrogen-bond acceptors (Lipinski definition) is 4. The van der Waals surface area contributed by atoms with Gasteiger partial charge < -0.3 is 11.1 Å². The monoisotopic (exact) mass is 315 g/mol. The van der Waals surface area contributed by atoms with Gasteiger partial charge in [0.2, 0.25) is 11.8 Å². The highest BCUT2D eigenvalue weighted by atomic mass is 32.2. The standard InChI is InChI=1S/C16H17N3O2S/c1-11-13(16(17)21)5-2-6-14(11)19-15(20)10-22-9-12-4-3-7-18-8-12/h2-8H,9-10H2,1H3,(H2,17,21)(H,19,20). The first kappa shape index (κ1) is 16.0. The van der Waals surface area contributed by atoms with E-state index in [2.05, 4.69) is 10.3 Å². The molecule has 0 aliphatic rings. The summed E-state index contributed by atoms with van der Waals surface area (Å²) in [6, 6.07) is 8.94. The first-order valence-corrected chi connectivity index (χ1v) is 7.89. The van der Waals surface area contributed by atoms with Crippen LogP contribution in [0.5, 0.6) is 0 Å². The topological polar surface area (TPSA) is 85.1 Å². The Bertz CT molecular complexity index is 674. The van der Waals surface area contributed by atoms with Crippen LogP contribution >= 0.6 is 11.8 Å². The molecule has 0 saturated heterocycles. The van der Waals surface area contributed by atoms with Gasteiger partial charge in [-0.25, -0.2) is 0 Å². The first-order valence-electron chi connectivity index (χ1n) is 6.74. The van der Waals surface area contributed by atoms with Crippen LogP contribution in [0.1, 0.15) is 21.5 Å². The minimum atomic E-state index is -0.500. The average Bonchev–Trinajstić information content (AvgIpc) is 2.50. The number of nitrogens with one attached hydrogen (secondary N) is 1. The molecule has 1 heterocycles. The van der Waals surface area contributed by atoms with Crippen molar-refractivity contribution in [1.82, 2.24) is 4.98 Å². The second kappa shape index (κ2) is 7.61.